The van der Waals surface area contributed by atoms with Crippen LogP contribution in [-0.2, 0) is 24.2 Å². The van der Waals surface area contributed by atoms with Gasteiger partial charge >= 0.3 is 5.97 Å². The Morgan fingerprint density at radius 2 is 1.81 bits per heavy atom. The van der Waals surface area contributed by atoms with Crippen molar-refractivity contribution in [2.24, 2.45) is 4.99 Å². The number of amides is 1. The van der Waals surface area contributed by atoms with Crippen molar-refractivity contribution in [1.82, 2.24) is 0 Å². The summed E-state index contributed by atoms with van der Waals surface area (Å²) >= 11 is 3.83. The van der Waals surface area contributed by atoms with Gasteiger partial charge in [0.1, 0.15) is 11.6 Å². The molecule has 42 heavy (non-hydrogen) atoms. The third-order valence-corrected chi connectivity index (χ3v) is 8.84. The number of fused-ring (bicyclic) bond motifs is 1. The maximum absolute atomic E-state index is 13.4. The minimum absolute atomic E-state index is 0.126. The number of benzene rings is 3. The van der Waals surface area contributed by atoms with E-state index in [1.165, 1.54) is 4.88 Å². The highest BCUT2D eigenvalue weighted by molar-refractivity contribution is 14.1. The monoisotopic (exact) mass is 694 g/mol. The van der Waals surface area contributed by atoms with Gasteiger partial charge in [-0.05, 0) is 108 Å². The average molecular weight is 695 g/mol. The summed E-state index contributed by atoms with van der Waals surface area (Å²) in [6.07, 6.45) is 5.85. The Balaban J connectivity index is 1.35. The standard InChI is InChI=1S/C33H31IN2O5S/c1-3-40-33(38)23-15-13-21(14-16-23)20-41-30-26(34)17-22(18-27(30)39-2)19-35-32-29(25-11-7-8-12-28(25)42-32)31(37)36-24-9-5-4-6-10-24/h4-6,9-10,13-19H,3,7-8,11-12,20H2,1-2H3,(H,36,37). The van der Waals surface area contributed by atoms with E-state index in [4.69, 9.17) is 19.2 Å². The summed E-state index contributed by atoms with van der Waals surface area (Å²) in [5.41, 5.74) is 4.81. The maximum atomic E-state index is 13.4. The molecule has 0 aliphatic heterocycles. The Morgan fingerprint density at radius 3 is 2.55 bits per heavy atom. The zero-order valence-electron chi connectivity index (χ0n) is 23.4. The van der Waals surface area contributed by atoms with Crippen LogP contribution in [0.5, 0.6) is 11.5 Å². The molecule has 0 unspecified atom stereocenters. The van der Waals surface area contributed by atoms with E-state index in [2.05, 4.69) is 27.9 Å². The highest BCUT2D eigenvalue weighted by Gasteiger charge is 2.25. The molecule has 5 rings (SSSR count). The number of thiophene rings is 1. The topological polar surface area (TPSA) is 86.2 Å². The fourth-order valence-electron chi connectivity index (χ4n) is 4.79. The highest BCUT2D eigenvalue weighted by atomic mass is 127. The number of aliphatic imine (C=N–C) groups is 1. The van der Waals surface area contributed by atoms with E-state index in [-0.39, 0.29) is 11.9 Å². The molecule has 1 aliphatic carbocycles. The first-order valence-electron chi connectivity index (χ1n) is 13.8. The second kappa shape index (κ2) is 14.0. The third kappa shape index (κ3) is 7.01. The second-order valence-electron chi connectivity index (χ2n) is 9.71. The number of halogens is 1. The van der Waals surface area contributed by atoms with Crippen LogP contribution in [0.2, 0.25) is 0 Å². The van der Waals surface area contributed by atoms with E-state index in [9.17, 15) is 9.59 Å². The molecule has 7 nitrogen and oxygen atoms in total. The Morgan fingerprint density at radius 1 is 1.05 bits per heavy atom. The van der Waals surface area contributed by atoms with Crippen LogP contribution in [-0.4, -0.2) is 31.8 Å². The van der Waals surface area contributed by atoms with Crippen molar-refractivity contribution in [1.29, 1.82) is 0 Å². The summed E-state index contributed by atoms with van der Waals surface area (Å²) in [7, 11) is 1.60. The van der Waals surface area contributed by atoms with Crippen molar-refractivity contribution < 1.29 is 23.8 Å². The van der Waals surface area contributed by atoms with Gasteiger partial charge in [-0.25, -0.2) is 9.79 Å². The number of anilines is 1. The van der Waals surface area contributed by atoms with Crippen LogP contribution in [0.4, 0.5) is 10.7 Å². The lowest BCUT2D eigenvalue weighted by atomic mass is 9.95. The van der Waals surface area contributed by atoms with Crippen molar-refractivity contribution >= 4 is 62.7 Å². The van der Waals surface area contributed by atoms with Gasteiger partial charge < -0.3 is 19.5 Å². The lowest BCUT2D eigenvalue weighted by Gasteiger charge is -2.14. The molecule has 0 atom stereocenters. The summed E-state index contributed by atoms with van der Waals surface area (Å²) in [6, 6.07) is 20.5. The summed E-state index contributed by atoms with van der Waals surface area (Å²) in [5, 5.41) is 3.76. The molecule has 0 saturated heterocycles. The Labute approximate surface area is 263 Å². The predicted molar refractivity (Wildman–Crippen MR) is 175 cm³/mol. The number of hydrogen-bond donors (Lipinski definition) is 1. The molecular weight excluding hydrogens is 663 g/mol. The number of rotatable bonds is 10. The summed E-state index contributed by atoms with van der Waals surface area (Å²) in [6.45, 7) is 2.43. The molecule has 1 heterocycles. The first-order chi connectivity index (χ1) is 20.5. The van der Waals surface area contributed by atoms with E-state index >= 15 is 0 Å². The van der Waals surface area contributed by atoms with Crippen LogP contribution in [0, 0.1) is 3.57 Å². The lowest BCUT2D eigenvalue weighted by Crippen LogP contribution is -2.14. The summed E-state index contributed by atoms with van der Waals surface area (Å²) < 4.78 is 17.7. The molecule has 1 amide bonds. The van der Waals surface area contributed by atoms with Crippen molar-refractivity contribution in [3.05, 3.63) is 103 Å². The van der Waals surface area contributed by atoms with Gasteiger partial charge in [-0.2, -0.15) is 0 Å². The van der Waals surface area contributed by atoms with E-state index in [1.807, 2.05) is 54.6 Å². The van der Waals surface area contributed by atoms with Gasteiger partial charge in [0.05, 0.1) is 28.4 Å². The number of hydrogen-bond acceptors (Lipinski definition) is 7. The SMILES string of the molecule is CCOC(=O)c1ccc(COc2c(I)cc(C=Nc3sc4c(c3C(=O)Nc3ccccc3)CCCC4)cc2OC)cc1. The van der Waals surface area contributed by atoms with E-state index < -0.39 is 0 Å². The van der Waals surface area contributed by atoms with Crippen molar-refractivity contribution in [3.8, 4) is 11.5 Å². The number of esters is 1. The molecule has 0 spiro atoms. The van der Waals surface area contributed by atoms with E-state index in [0.29, 0.717) is 35.8 Å². The van der Waals surface area contributed by atoms with E-state index in [0.717, 1.165) is 56.6 Å². The Hall–Kier alpha value is -3.70. The first-order valence-corrected chi connectivity index (χ1v) is 15.7. The fourth-order valence-corrected chi connectivity index (χ4v) is 6.80. The van der Waals surface area contributed by atoms with Gasteiger partial charge in [0.15, 0.2) is 11.5 Å². The normalized spacial score (nSPS) is 12.5. The largest absolute Gasteiger partial charge is 0.493 e. The minimum Gasteiger partial charge on any atom is -0.493 e. The van der Waals surface area contributed by atoms with Crippen LogP contribution in [0.3, 0.4) is 0 Å². The third-order valence-electron chi connectivity index (χ3n) is 6.84. The van der Waals surface area contributed by atoms with Crippen LogP contribution >= 0.6 is 33.9 Å². The smallest absolute Gasteiger partial charge is 0.338 e. The van der Waals surface area contributed by atoms with Crippen molar-refractivity contribution in [2.45, 2.75) is 39.2 Å². The number of ether oxygens (including phenoxy) is 3. The lowest BCUT2D eigenvalue weighted by molar-refractivity contribution is 0.0526. The van der Waals surface area contributed by atoms with Crippen LogP contribution < -0.4 is 14.8 Å². The highest BCUT2D eigenvalue weighted by Crippen LogP contribution is 2.41. The summed E-state index contributed by atoms with van der Waals surface area (Å²) in [5.74, 6) is 0.738. The number of carbonyl (C=O) groups excluding carboxylic acids is 2. The van der Waals surface area contributed by atoms with Crippen molar-refractivity contribution in [2.75, 3.05) is 19.0 Å². The van der Waals surface area contributed by atoms with Crippen molar-refractivity contribution in [3.63, 3.8) is 0 Å². The molecule has 4 aromatic rings. The van der Waals surface area contributed by atoms with Gasteiger partial charge in [0, 0.05) is 16.8 Å². The first kappa shape index (κ1) is 29.8. The Kier molecular flexibility index (Phi) is 9.91. The van der Waals surface area contributed by atoms with Crippen LogP contribution in [0.15, 0.2) is 71.7 Å². The zero-order chi connectivity index (χ0) is 29.5. The molecule has 0 radical (unpaired) electrons. The van der Waals surface area contributed by atoms with Gasteiger partial charge in [-0.1, -0.05) is 30.3 Å². The Bertz CT molecular complexity index is 1600. The fraction of sp³-hybridized carbons (Fsp3) is 0.242. The van der Waals surface area contributed by atoms with Gasteiger partial charge in [-0.3, -0.25) is 4.79 Å². The predicted octanol–water partition coefficient (Wildman–Crippen LogP) is 8.00. The molecule has 3 aromatic carbocycles. The number of nitrogens with zero attached hydrogens (tertiary/aromatic N) is 1. The molecule has 1 aromatic heterocycles. The second-order valence-corrected chi connectivity index (χ2v) is 12.0. The van der Waals surface area contributed by atoms with Crippen LogP contribution in [0.25, 0.3) is 0 Å². The molecule has 0 bridgehead atoms. The molecule has 0 saturated carbocycles. The number of aryl methyl sites for hydroxylation is 1. The minimum atomic E-state index is -0.342. The molecule has 1 N–H and O–H groups in total. The molecule has 216 valence electrons. The average Bonchev–Trinajstić information content (AvgIpc) is 3.38. The van der Waals surface area contributed by atoms with Crippen LogP contribution in [0.1, 0.15) is 62.0 Å². The molecule has 1 aliphatic rings. The zero-order valence-corrected chi connectivity index (χ0v) is 26.4. The number of methoxy groups -OCH3 is 1. The number of carbonyl (C=O) groups is 2. The quantitative estimate of drug-likeness (QED) is 0.103. The van der Waals surface area contributed by atoms with Gasteiger partial charge in [0.2, 0.25) is 0 Å². The number of para-hydroxylation sites is 1. The number of nitrogens with one attached hydrogen (secondary N) is 1. The molecule has 0 fully saturated rings. The van der Waals surface area contributed by atoms with Gasteiger partial charge in [0.25, 0.3) is 5.91 Å². The molecule has 9 heteroatoms. The molecular formula is C33H31IN2O5S. The maximum Gasteiger partial charge on any atom is 0.338 e. The summed E-state index contributed by atoms with van der Waals surface area (Å²) in [4.78, 5) is 31.4. The van der Waals surface area contributed by atoms with Gasteiger partial charge in [-0.15, -0.1) is 11.3 Å². The van der Waals surface area contributed by atoms with E-state index in [1.54, 1.807) is 43.7 Å².